The van der Waals surface area contributed by atoms with E-state index in [0.717, 1.165) is 18.5 Å². The first-order valence-electron chi connectivity index (χ1n) is 4.51. The van der Waals surface area contributed by atoms with E-state index in [1.807, 2.05) is 43.5 Å². The van der Waals surface area contributed by atoms with E-state index in [9.17, 15) is 4.79 Å². The molecule has 1 aromatic rings. The fourth-order valence-corrected chi connectivity index (χ4v) is 1.25. The van der Waals surface area contributed by atoms with Crippen molar-refractivity contribution in [3.63, 3.8) is 0 Å². The average Bonchev–Trinajstić information content (AvgIpc) is 2.19. The molecule has 1 rings (SSSR count). The molecule has 69 valence electrons. The molecule has 0 heterocycles. The van der Waals surface area contributed by atoms with Crippen molar-refractivity contribution < 1.29 is 4.79 Å². The first-order chi connectivity index (χ1) is 6.36. The molecule has 0 amide bonds. The molecule has 0 aliphatic heterocycles. The summed E-state index contributed by atoms with van der Waals surface area (Å²) in [6.45, 7) is 2.78. The van der Waals surface area contributed by atoms with Gasteiger partial charge in [0.05, 0.1) is 6.04 Å². The van der Waals surface area contributed by atoms with Crippen molar-refractivity contribution >= 4 is 6.29 Å². The third-order valence-electron chi connectivity index (χ3n) is 1.88. The molecule has 0 fully saturated rings. The third-order valence-corrected chi connectivity index (χ3v) is 1.88. The lowest BCUT2D eigenvalue weighted by Crippen LogP contribution is -2.32. The highest BCUT2D eigenvalue weighted by atomic mass is 16.1. The molecule has 0 saturated heterocycles. The molecule has 2 nitrogen and oxygen atoms in total. The lowest BCUT2D eigenvalue weighted by atomic mass is 10.1. The Morgan fingerprint density at radius 3 is 2.62 bits per heavy atom. The summed E-state index contributed by atoms with van der Waals surface area (Å²) in [6.07, 6.45) is 2.71. The Hall–Kier alpha value is -1.15. The van der Waals surface area contributed by atoms with Crippen LogP contribution in [0.2, 0.25) is 0 Å². The lowest BCUT2D eigenvalue weighted by Gasteiger charge is -2.09. The molecule has 13 heavy (non-hydrogen) atoms. The summed E-state index contributed by atoms with van der Waals surface area (Å²) in [5.74, 6) is 0. The van der Waals surface area contributed by atoms with Crippen molar-refractivity contribution in [2.45, 2.75) is 19.4 Å². The van der Waals surface area contributed by atoms with Crippen molar-refractivity contribution in [1.82, 2.24) is 5.32 Å². The van der Waals surface area contributed by atoms with Crippen LogP contribution in [0.15, 0.2) is 30.3 Å². The van der Waals surface area contributed by atoms with Crippen LogP contribution in [0.5, 0.6) is 0 Å². The van der Waals surface area contributed by atoms with Crippen LogP contribution in [-0.4, -0.2) is 18.9 Å². The minimum absolute atomic E-state index is 0.174. The maximum absolute atomic E-state index is 10.5. The number of benzene rings is 1. The minimum Gasteiger partial charge on any atom is -0.307 e. The SMILES string of the molecule is CCNC([C]=O)Cc1ccccc1. The number of nitrogens with one attached hydrogen (secondary N) is 1. The van der Waals surface area contributed by atoms with E-state index >= 15 is 0 Å². The van der Waals surface area contributed by atoms with Gasteiger partial charge in [0.15, 0.2) is 0 Å². The molecular formula is C11H14NO. The van der Waals surface area contributed by atoms with Crippen LogP contribution in [0.1, 0.15) is 12.5 Å². The van der Waals surface area contributed by atoms with Crippen molar-refractivity contribution in [3.8, 4) is 0 Å². The van der Waals surface area contributed by atoms with Crippen LogP contribution < -0.4 is 5.32 Å². The summed E-state index contributed by atoms with van der Waals surface area (Å²) >= 11 is 0. The Bertz CT molecular complexity index is 246. The number of likely N-dealkylation sites (N-methyl/N-ethyl adjacent to an activating group) is 1. The van der Waals surface area contributed by atoms with Crippen LogP contribution in [0.3, 0.4) is 0 Å². The summed E-state index contributed by atoms with van der Waals surface area (Å²) in [7, 11) is 0. The molecule has 0 aliphatic carbocycles. The number of rotatable bonds is 5. The van der Waals surface area contributed by atoms with E-state index in [4.69, 9.17) is 0 Å². The first kappa shape index (κ1) is 9.93. The highest BCUT2D eigenvalue weighted by Crippen LogP contribution is 2.01. The zero-order valence-corrected chi connectivity index (χ0v) is 7.79. The van der Waals surface area contributed by atoms with Gasteiger partial charge in [-0.25, -0.2) is 0 Å². The van der Waals surface area contributed by atoms with E-state index < -0.39 is 0 Å². The Morgan fingerprint density at radius 1 is 1.38 bits per heavy atom. The van der Waals surface area contributed by atoms with Gasteiger partial charge in [-0.1, -0.05) is 37.3 Å². The number of carbonyl (C=O) groups excluding carboxylic acids is 1. The molecule has 0 aromatic heterocycles. The van der Waals surface area contributed by atoms with Gasteiger partial charge in [0.2, 0.25) is 6.29 Å². The Balaban J connectivity index is 2.51. The highest BCUT2D eigenvalue weighted by Gasteiger charge is 2.06. The molecule has 1 unspecified atom stereocenters. The maximum atomic E-state index is 10.5. The second-order valence-electron chi connectivity index (χ2n) is 2.92. The van der Waals surface area contributed by atoms with Gasteiger partial charge in [-0.2, -0.15) is 0 Å². The monoisotopic (exact) mass is 176 g/mol. The average molecular weight is 176 g/mol. The zero-order valence-electron chi connectivity index (χ0n) is 7.79. The Labute approximate surface area is 79.0 Å². The van der Waals surface area contributed by atoms with Crippen molar-refractivity contribution in [2.24, 2.45) is 0 Å². The quantitative estimate of drug-likeness (QED) is 0.733. The van der Waals surface area contributed by atoms with Crippen molar-refractivity contribution in [3.05, 3.63) is 35.9 Å². The molecule has 1 aromatic carbocycles. The molecular weight excluding hydrogens is 162 g/mol. The van der Waals surface area contributed by atoms with E-state index in [-0.39, 0.29) is 6.04 Å². The van der Waals surface area contributed by atoms with E-state index in [2.05, 4.69) is 5.32 Å². The summed E-state index contributed by atoms with van der Waals surface area (Å²) in [5, 5.41) is 3.06. The minimum atomic E-state index is -0.174. The Morgan fingerprint density at radius 2 is 2.08 bits per heavy atom. The number of hydrogen-bond donors (Lipinski definition) is 1. The van der Waals surface area contributed by atoms with Gasteiger partial charge < -0.3 is 5.32 Å². The molecule has 0 bridgehead atoms. The van der Waals surface area contributed by atoms with Crippen LogP contribution in [0.4, 0.5) is 0 Å². The molecule has 0 saturated carbocycles. The van der Waals surface area contributed by atoms with Crippen LogP contribution >= 0.6 is 0 Å². The zero-order chi connectivity index (χ0) is 9.52. The van der Waals surface area contributed by atoms with Gasteiger partial charge in [0.1, 0.15) is 0 Å². The van der Waals surface area contributed by atoms with Gasteiger partial charge in [0.25, 0.3) is 0 Å². The third kappa shape index (κ3) is 3.38. The van der Waals surface area contributed by atoms with Crippen LogP contribution in [0, 0.1) is 0 Å². The first-order valence-corrected chi connectivity index (χ1v) is 4.51. The summed E-state index contributed by atoms with van der Waals surface area (Å²) < 4.78 is 0. The predicted octanol–water partition coefficient (Wildman–Crippen LogP) is 1.32. The highest BCUT2D eigenvalue weighted by molar-refractivity contribution is 5.59. The fourth-order valence-electron chi connectivity index (χ4n) is 1.25. The molecule has 2 heteroatoms. The summed E-state index contributed by atoms with van der Waals surface area (Å²) in [4.78, 5) is 10.5. The fraction of sp³-hybridized carbons (Fsp3) is 0.364. The van der Waals surface area contributed by atoms with Crippen molar-refractivity contribution in [2.75, 3.05) is 6.54 Å². The van der Waals surface area contributed by atoms with Gasteiger partial charge in [-0.05, 0) is 18.5 Å². The van der Waals surface area contributed by atoms with Gasteiger partial charge in [-0.3, -0.25) is 4.79 Å². The molecule has 1 radical (unpaired) electrons. The van der Waals surface area contributed by atoms with Gasteiger partial charge in [0, 0.05) is 0 Å². The topological polar surface area (TPSA) is 29.1 Å². The van der Waals surface area contributed by atoms with E-state index in [1.54, 1.807) is 0 Å². The smallest absolute Gasteiger partial charge is 0.217 e. The van der Waals surface area contributed by atoms with E-state index in [1.165, 1.54) is 0 Å². The normalized spacial score (nSPS) is 12.4. The number of hydrogen-bond acceptors (Lipinski definition) is 2. The predicted molar refractivity (Wildman–Crippen MR) is 53.3 cm³/mol. The lowest BCUT2D eigenvalue weighted by molar-refractivity contribution is 0.517. The summed E-state index contributed by atoms with van der Waals surface area (Å²) in [6, 6.07) is 9.78. The van der Waals surface area contributed by atoms with Crippen LogP contribution in [-0.2, 0) is 11.2 Å². The standard InChI is InChI=1S/C11H14NO/c1-2-12-11(9-13)8-10-6-4-3-5-7-10/h3-7,11-12H,2,8H2,1H3. The Kier molecular flexibility index (Phi) is 4.19. The second kappa shape index (κ2) is 5.49. The molecule has 1 atom stereocenters. The largest absolute Gasteiger partial charge is 0.307 e. The van der Waals surface area contributed by atoms with E-state index in [0.29, 0.717) is 0 Å². The van der Waals surface area contributed by atoms with Crippen LogP contribution in [0.25, 0.3) is 0 Å². The molecule has 0 aliphatic rings. The van der Waals surface area contributed by atoms with Gasteiger partial charge in [-0.15, -0.1) is 0 Å². The maximum Gasteiger partial charge on any atom is 0.217 e. The van der Waals surface area contributed by atoms with Crippen molar-refractivity contribution in [1.29, 1.82) is 0 Å². The summed E-state index contributed by atoms with van der Waals surface area (Å²) in [5.41, 5.74) is 1.16. The second-order valence-corrected chi connectivity index (χ2v) is 2.92. The molecule has 1 N–H and O–H groups in total. The molecule has 0 spiro atoms. The van der Waals surface area contributed by atoms with Gasteiger partial charge >= 0.3 is 0 Å².